The van der Waals surface area contributed by atoms with Crippen LogP contribution in [0, 0.1) is 6.92 Å². The van der Waals surface area contributed by atoms with Crippen LogP contribution in [-0.4, -0.2) is 40.1 Å². The molecular weight excluding hydrogens is 314 g/mol. The number of aryl methyl sites for hydroxylation is 1. The maximum Gasteiger partial charge on any atom is 0.266 e. The summed E-state index contributed by atoms with van der Waals surface area (Å²) in [5.41, 5.74) is 0.702. The highest BCUT2D eigenvalue weighted by Crippen LogP contribution is 2.26. The zero-order valence-electron chi connectivity index (χ0n) is 13.7. The van der Waals surface area contributed by atoms with Gasteiger partial charge in [-0.25, -0.2) is 4.98 Å². The SMILES string of the molecule is CCNc1nc(C)c(C(=O)N(Cc2ccco2)[C@@H](CC)CO)s1. The Morgan fingerprint density at radius 2 is 2.30 bits per heavy atom. The molecule has 0 bridgehead atoms. The Hall–Kier alpha value is -1.86. The van der Waals surface area contributed by atoms with Gasteiger partial charge in [-0.1, -0.05) is 18.3 Å². The Balaban J connectivity index is 2.28. The van der Waals surface area contributed by atoms with E-state index in [1.54, 1.807) is 17.2 Å². The number of nitrogens with one attached hydrogen (secondary N) is 1. The van der Waals surface area contributed by atoms with Crippen LogP contribution >= 0.6 is 11.3 Å². The van der Waals surface area contributed by atoms with Gasteiger partial charge < -0.3 is 19.7 Å². The van der Waals surface area contributed by atoms with Gasteiger partial charge in [0, 0.05) is 6.54 Å². The molecule has 23 heavy (non-hydrogen) atoms. The van der Waals surface area contributed by atoms with Gasteiger partial charge in [-0.15, -0.1) is 0 Å². The molecule has 0 aliphatic rings. The molecular formula is C16H23N3O3S. The van der Waals surface area contributed by atoms with Gasteiger partial charge in [-0.2, -0.15) is 0 Å². The molecule has 2 aromatic heterocycles. The number of nitrogens with zero attached hydrogens (tertiary/aromatic N) is 2. The second-order valence-electron chi connectivity index (χ2n) is 5.22. The van der Waals surface area contributed by atoms with Gasteiger partial charge in [0.15, 0.2) is 5.13 Å². The van der Waals surface area contributed by atoms with E-state index in [1.165, 1.54) is 11.3 Å². The lowest BCUT2D eigenvalue weighted by Crippen LogP contribution is -2.41. The maximum atomic E-state index is 13.0. The molecule has 2 rings (SSSR count). The third kappa shape index (κ3) is 4.11. The summed E-state index contributed by atoms with van der Waals surface area (Å²) in [6.07, 6.45) is 2.25. The summed E-state index contributed by atoms with van der Waals surface area (Å²) in [7, 11) is 0. The first-order valence-electron chi connectivity index (χ1n) is 7.76. The second kappa shape index (κ2) is 8.12. The number of anilines is 1. The van der Waals surface area contributed by atoms with Gasteiger partial charge in [-0.3, -0.25) is 4.79 Å². The average molecular weight is 337 g/mol. The van der Waals surface area contributed by atoms with E-state index in [9.17, 15) is 9.90 Å². The standard InChI is InChI=1S/C16H23N3O3S/c1-4-12(10-20)19(9-13-7-6-8-22-13)15(21)14-11(3)18-16(23-14)17-5-2/h6-8,12,20H,4-5,9-10H2,1-3H3,(H,17,18)/t12-/m0/s1. The molecule has 7 heteroatoms. The van der Waals surface area contributed by atoms with Crippen molar-refractivity contribution in [1.82, 2.24) is 9.88 Å². The Morgan fingerprint density at radius 3 is 2.87 bits per heavy atom. The summed E-state index contributed by atoms with van der Waals surface area (Å²) < 4.78 is 5.36. The van der Waals surface area contributed by atoms with Crippen LogP contribution < -0.4 is 5.32 Å². The molecule has 2 N–H and O–H groups in total. The average Bonchev–Trinajstić information content (AvgIpc) is 3.17. The molecule has 0 saturated heterocycles. The fourth-order valence-corrected chi connectivity index (χ4v) is 3.33. The van der Waals surface area contributed by atoms with Gasteiger partial charge in [0.2, 0.25) is 0 Å². The van der Waals surface area contributed by atoms with Crippen LogP contribution in [0.4, 0.5) is 5.13 Å². The van der Waals surface area contributed by atoms with Crippen molar-refractivity contribution in [2.75, 3.05) is 18.5 Å². The highest BCUT2D eigenvalue weighted by molar-refractivity contribution is 7.17. The minimum atomic E-state index is -0.253. The number of carbonyl (C=O) groups is 1. The molecule has 2 aromatic rings. The molecule has 0 aromatic carbocycles. The number of hydrogen-bond donors (Lipinski definition) is 2. The number of carbonyl (C=O) groups excluding carboxylic acids is 1. The normalized spacial score (nSPS) is 12.2. The van der Waals surface area contributed by atoms with Crippen molar-refractivity contribution in [3.8, 4) is 0 Å². The number of aliphatic hydroxyl groups excluding tert-OH is 1. The van der Waals surface area contributed by atoms with Crippen LogP contribution in [0.3, 0.4) is 0 Å². The predicted octanol–water partition coefficient (Wildman–Crippen LogP) is 2.89. The summed E-state index contributed by atoms with van der Waals surface area (Å²) in [5.74, 6) is 0.570. The van der Waals surface area contributed by atoms with Crippen molar-refractivity contribution < 1.29 is 14.3 Å². The highest BCUT2D eigenvalue weighted by Gasteiger charge is 2.27. The van der Waals surface area contributed by atoms with E-state index >= 15 is 0 Å². The van der Waals surface area contributed by atoms with E-state index in [0.29, 0.717) is 29.3 Å². The van der Waals surface area contributed by atoms with Crippen LogP contribution in [0.15, 0.2) is 22.8 Å². The van der Waals surface area contributed by atoms with Crippen molar-refractivity contribution in [2.45, 2.75) is 39.8 Å². The van der Waals surface area contributed by atoms with Gasteiger partial charge in [0.1, 0.15) is 10.6 Å². The summed E-state index contributed by atoms with van der Waals surface area (Å²) in [6.45, 7) is 6.77. The van der Waals surface area contributed by atoms with Crippen molar-refractivity contribution in [1.29, 1.82) is 0 Å². The third-order valence-electron chi connectivity index (χ3n) is 3.61. The topological polar surface area (TPSA) is 78.6 Å². The van der Waals surface area contributed by atoms with E-state index in [4.69, 9.17) is 4.42 Å². The first-order valence-corrected chi connectivity index (χ1v) is 8.57. The Bertz CT molecular complexity index is 621. The first-order chi connectivity index (χ1) is 11.1. The number of aliphatic hydroxyl groups is 1. The van der Waals surface area contributed by atoms with Crippen molar-refractivity contribution in [3.63, 3.8) is 0 Å². The van der Waals surface area contributed by atoms with E-state index in [-0.39, 0.29) is 18.6 Å². The van der Waals surface area contributed by atoms with Crippen LogP contribution in [0.1, 0.15) is 41.4 Å². The summed E-state index contributed by atoms with van der Waals surface area (Å²) in [5, 5.41) is 13.5. The Morgan fingerprint density at radius 1 is 1.52 bits per heavy atom. The predicted molar refractivity (Wildman–Crippen MR) is 90.8 cm³/mol. The Kier molecular flexibility index (Phi) is 6.18. The highest BCUT2D eigenvalue weighted by atomic mass is 32.1. The fraction of sp³-hybridized carbons (Fsp3) is 0.500. The molecule has 0 saturated carbocycles. The molecule has 0 spiro atoms. The van der Waals surface area contributed by atoms with Gasteiger partial charge in [0.25, 0.3) is 5.91 Å². The van der Waals surface area contributed by atoms with Gasteiger partial charge >= 0.3 is 0 Å². The van der Waals surface area contributed by atoms with Gasteiger partial charge in [0.05, 0.1) is 31.2 Å². The maximum absolute atomic E-state index is 13.0. The number of rotatable bonds is 8. The zero-order valence-corrected chi connectivity index (χ0v) is 14.5. The summed E-state index contributed by atoms with van der Waals surface area (Å²) in [6, 6.07) is 3.37. The molecule has 1 amide bonds. The lowest BCUT2D eigenvalue weighted by atomic mass is 10.1. The van der Waals surface area contributed by atoms with E-state index in [0.717, 1.165) is 11.7 Å². The van der Waals surface area contributed by atoms with Crippen LogP contribution in [0.2, 0.25) is 0 Å². The molecule has 0 aliphatic carbocycles. The molecule has 126 valence electrons. The summed E-state index contributed by atoms with van der Waals surface area (Å²) >= 11 is 1.35. The van der Waals surface area contributed by atoms with E-state index < -0.39 is 0 Å². The summed E-state index contributed by atoms with van der Waals surface area (Å²) in [4.78, 5) is 19.6. The number of amides is 1. The molecule has 2 heterocycles. The van der Waals surface area contributed by atoms with Crippen molar-refractivity contribution >= 4 is 22.4 Å². The van der Waals surface area contributed by atoms with Crippen molar-refractivity contribution in [3.05, 3.63) is 34.7 Å². The lowest BCUT2D eigenvalue weighted by molar-refractivity contribution is 0.0549. The molecule has 0 unspecified atom stereocenters. The lowest BCUT2D eigenvalue weighted by Gasteiger charge is -2.28. The molecule has 1 atom stereocenters. The molecule has 6 nitrogen and oxygen atoms in total. The van der Waals surface area contributed by atoms with Crippen LogP contribution in [0.5, 0.6) is 0 Å². The molecule has 0 radical (unpaired) electrons. The van der Waals surface area contributed by atoms with Crippen LogP contribution in [0.25, 0.3) is 0 Å². The monoisotopic (exact) mass is 337 g/mol. The fourth-order valence-electron chi connectivity index (χ4n) is 2.34. The molecule has 0 aliphatic heterocycles. The minimum absolute atomic E-state index is 0.0825. The number of hydrogen-bond acceptors (Lipinski definition) is 6. The van der Waals surface area contributed by atoms with Gasteiger partial charge in [-0.05, 0) is 32.4 Å². The quantitative estimate of drug-likeness (QED) is 0.774. The second-order valence-corrected chi connectivity index (χ2v) is 6.22. The number of aromatic nitrogens is 1. The van der Waals surface area contributed by atoms with Crippen molar-refractivity contribution in [2.24, 2.45) is 0 Å². The van der Waals surface area contributed by atoms with Crippen LogP contribution in [-0.2, 0) is 6.54 Å². The smallest absolute Gasteiger partial charge is 0.266 e. The third-order valence-corrected chi connectivity index (χ3v) is 4.71. The number of furan rings is 1. The largest absolute Gasteiger partial charge is 0.467 e. The number of thiazole rings is 1. The minimum Gasteiger partial charge on any atom is -0.467 e. The Labute approximate surface area is 140 Å². The van der Waals surface area contributed by atoms with E-state index in [1.807, 2.05) is 26.8 Å². The first kappa shape index (κ1) is 17.5. The van der Waals surface area contributed by atoms with E-state index in [2.05, 4.69) is 10.3 Å². The zero-order chi connectivity index (χ0) is 16.8. The molecule has 0 fully saturated rings.